The van der Waals surface area contributed by atoms with Gasteiger partial charge in [-0.3, -0.25) is 0 Å². The summed E-state index contributed by atoms with van der Waals surface area (Å²) in [5.41, 5.74) is 6.97. The molecule has 0 bridgehead atoms. The summed E-state index contributed by atoms with van der Waals surface area (Å²) in [6.07, 6.45) is 1.93. The van der Waals surface area contributed by atoms with Gasteiger partial charge in [0.05, 0.1) is 22.9 Å². The zero-order chi connectivity index (χ0) is 13.0. The Morgan fingerprint density at radius 2 is 2.39 bits per heavy atom. The van der Waals surface area contributed by atoms with Crippen LogP contribution < -0.4 is 11.1 Å². The van der Waals surface area contributed by atoms with Gasteiger partial charge in [0.25, 0.3) is 0 Å². The molecular formula is C13H19ClN2O2. The molecule has 4 N–H and O–H groups in total. The molecule has 1 aromatic rings. The summed E-state index contributed by atoms with van der Waals surface area (Å²) < 4.78 is 5.49. The van der Waals surface area contributed by atoms with Gasteiger partial charge in [-0.25, -0.2) is 0 Å². The highest BCUT2D eigenvalue weighted by molar-refractivity contribution is 6.33. The predicted octanol–water partition coefficient (Wildman–Crippen LogP) is 1.72. The molecule has 4 nitrogen and oxygen atoms in total. The van der Waals surface area contributed by atoms with Gasteiger partial charge in [0, 0.05) is 19.7 Å². The van der Waals surface area contributed by atoms with Gasteiger partial charge in [0.2, 0.25) is 0 Å². The maximum Gasteiger partial charge on any atom is 0.0915 e. The van der Waals surface area contributed by atoms with Crippen LogP contribution in [0.5, 0.6) is 0 Å². The number of halogens is 1. The smallest absolute Gasteiger partial charge is 0.0915 e. The molecule has 2 unspecified atom stereocenters. The van der Waals surface area contributed by atoms with Crippen molar-refractivity contribution in [3.05, 3.63) is 28.8 Å². The molecule has 0 aromatic heterocycles. The average molecular weight is 271 g/mol. The SMILES string of the molecule is Nc1cc(C(O)CNCC2CCCO2)ccc1Cl. The predicted molar refractivity (Wildman–Crippen MR) is 72.7 cm³/mol. The van der Waals surface area contributed by atoms with Gasteiger partial charge >= 0.3 is 0 Å². The maximum absolute atomic E-state index is 10.0. The van der Waals surface area contributed by atoms with E-state index < -0.39 is 6.10 Å². The molecule has 2 rings (SSSR count). The summed E-state index contributed by atoms with van der Waals surface area (Å²) in [6.45, 7) is 2.11. The number of anilines is 1. The van der Waals surface area contributed by atoms with Crippen LogP contribution in [0.2, 0.25) is 5.02 Å². The first-order valence-electron chi connectivity index (χ1n) is 6.22. The van der Waals surface area contributed by atoms with Crippen LogP contribution in [0.4, 0.5) is 5.69 Å². The van der Waals surface area contributed by atoms with Gasteiger partial charge in [-0.15, -0.1) is 0 Å². The minimum absolute atomic E-state index is 0.285. The van der Waals surface area contributed by atoms with E-state index in [1.165, 1.54) is 0 Å². The first-order chi connectivity index (χ1) is 8.66. The van der Waals surface area contributed by atoms with E-state index in [2.05, 4.69) is 5.32 Å². The number of rotatable bonds is 5. The first kappa shape index (κ1) is 13.6. The number of nitrogens with one attached hydrogen (secondary N) is 1. The third-order valence-corrected chi connectivity index (χ3v) is 3.48. The van der Waals surface area contributed by atoms with E-state index in [0.29, 0.717) is 17.3 Å². The van der Waals surface area contributed by atoms with Crippen LogP contribution in [0.1, 0.15) is 24.5 Å². The average Bonchev–Trinajstić information content (AvgIpc) is 2.85. The Morgan fingerprint density at radius 3 is 3.06 bits per heavy atom. The van der Waals surface area contributed by atoms with E-state index in [-0.39, 0.29) is 6.10 Å². The van der Waals surface area contributed by atoms with Gasteiger partial charge in [-0.2, -0.15) is 0 Å². The molecule has 0 saturated carbocycles. The summed E-state index contributed by atoms with van der Waals surface area (Å²) in [5.74, 6) is 0. The summed E-state index contributed by atoms with van der Waals surface area (Å²) in [5, 5.41) is 13.7. The molecule has 1 aromatic carbocycles. The lowest BCUT2D eigenvalue weighted by molar-refractivity contribution is 0.103. The van der Waals surface area contributed by atoms with Crippen LogP contribution in [0.25, 0.3) is 0 Å². The number of nitrogen functional groups attached to an aromatic ring is 1. The largest absolute Gasteiger partial charge is 0.398 e. The number of ether oxygens (including phenoxy) is 1. The number of hydrogen-bond donors (Lipinski definition) is 3. The van der Waals surface area contributed by atoms with Crippen LogP contribution in [0.15, 0.2) is 18.2 Å². The van der Waals surface area contributed by atoms with E-state index in [1.54, 1.807) is 18.2 Å². The Labute approximate surface area is 112 Å². The lowest BCUT2D eigenvalue weighted by atomic mass is 10.1. The van der Waals surface area contributed by atoms with Crippen molar-refractivity contribution in [2.24, 2.45) is 0 Å². The Balaban J connectivity index is 1.79. The van der Waals surface area contributed by atoms with Gasteiger partial charge in [-0.05, 0) is 30.5 Å². The number of aliphatic hydroxyl groups is 1. The summed E-state index contributed by atoms with van der Waals surface area (Å²) in [6, 6.07) is 5.20. The molecular weight excluding hydrogens is 252 g/mol. The molecule has 0 amide bonds. The normalized spacial score (nSPS) is 21.1. The Kier molecular flexibility index (Phi) is 4.83. The van der Waals surface area contributed by atoms with Crippen LogP contribution in [0.3, 0.4) is 0 Å². The number of nitrogens with two attached hydrogens (primary N) is 1. The fourth-order valence-electron chi connectivity index (χ4n) is 2.07. The zero-order valence-electron chi connectivity index (χ0n) is 10.2. The molecule has 18 heavy (non-hydrogen) atoms. The molecule has 1 fully saturated rings. The minimum atomic E-state index is -0.578. The van der Waals surface area contributed by atoms with Crippen LogP contribution >= 0.6 is 11.6 Å². The quantitative estimate of drug-likeness (QED) is 0.713. The van der Waals surface area contributed by atoms with Crippen molar-refractivity contribution in [3.63, 3.8) is 0 Å². The second kappa shape index (κ2) is 6.38. The van der Waals surface area contributed by atoms with Crippen molar-refractivity contribution in [3.8, 4) is 0 Å². The minimum Gasteiger partial charge on any atom is -0.398 e. The summed E-state index contributed by atoms with van der Waals surface area (Å²) >= 11 is 5.84. The summed E-state index contributed by atoms with van der Waals surface area (Å²) in [4.78, 5) is 0. The number of benzene rings is 1. The topological polar surface area (TPSA) is 67.5 Å². The van der Waals surface area contributed by atoms with Crippen molar-refractivity contribution in [1.29, 1.82) is 0 Å². The fourth-order valence-corrected chi connectivity index (χ4v) is 2.19. The highest BCUT2D eigenvalue weighted by Crippen LogP contribution is 2.23. The van der Waals surface area contributed by atoms with Crippen LogP contribution in [-0.2, 0) is 4.74 Å². The van der Waals surface area contributed by atoms with E-state index in [4.69, 9.17) is 22.1 Å². The lowest BCUT2D eigenvalue weighted by Crippen LogP contribution is -2.29. The Morgan fingerprint density at radius 1 is 1.56 bits per heavy atom. The van der Waals surface area contributed by atoms with Gasteiger partial charge in [0.15, 0.2) is 0 Å². The van der Waals surface area contributed by atoms with E-state index in [0.717, 1.165) is 31.6 Å². The second-order valence-corrected chi connectivity index (χ2v) is 5.00. The molecule has 1 saturated heterocycles. The molecule has 2 atom stereocenters. The molecule has 1 aliphatic rings. The van der Waals surface area contributed by atoms with Crippen molar-refractivity contribution < 1.29 is 9.84 Å². The van der Waals surface area contributed by atoms with Gasteiger partial charge in [-0.1, -0.05) is 17.7 Å². The first-order valence-corrected chi connectivity index (χ1v) is 6.60. The third kappa shape index (κ3) is 3.59. The Bertz CT molecular complexity index is 395. The van der Waals surface area contributed by atoms with Crippen molar-refractivity contribution in [2.45, 2.75) is 25.0 Å². The monoisotopic (exact) mass is 270 g/mol. The van der Waals surface area contributed by atoms with Crippen molar-refractivity contribution in [1.82, 2.24) is 5.32 Å². The number of hydrogen-bond acceptors (Lipinski definition) is 4. The Hall–Kier alpha value is -0.810. The van der Waals surface area contributed by atoms with Gasteiger partial charge in [0.1, 0.15) is 0 Å². The molecule has 0 radical (unpaired) electrons. The highest BCUT2D eigenvalue weighted by Gasteiger charge is 2.15. The summed E-state index contributed by atoms with van der Waals surface area (Å²) in [7, 11) is 0. The zero-order valence-corrected chi connectivity index (χ0v) is 11.0. The molecule has 5 heteroatoms. The molecule has 0 spiro atoms. The molecule has 0 aliphatic carbocycles. The fraction of sp³-hybridized carbons (Fsp3) is 0.538. The number of aliphatic hydroxyl groups excluding tert-OH is 1. The van der Waals surface area contributed by atoms with Crippen molar-refractivity contribution >= 4 is 17.3 Å². The van der Waals surface area contributed by atoms with E-state index >= 15 is 0 Å². The molecule has 100 valence electrons. The lowest BCUT2D eigenvalue weighted by Gasteiger charge is -2.15. The van der Waals surface area contributed by atoms with Gasteiger partial charge < -0.3 is 20.9 Å². The highest BCUT2D eigenvalue weighted by atomic mass is 35.5. The van der Waals surface area contributed by atoms with E-state index in [1.807, 2.05) is 0 Å². The maximum atomic E-state index is 10.0. The molecule has 1 aliphatic heterocycles. The second-order valence-electron chi connectivity index (χ2n) is 4.59. The van der Waals surface area contributed by atoms with Crippen LogP contribution in [0, 0.1) is 0 Å². The third-order valence-electron chi connectivity index (χ3n) is 3.14. The van der Waals surface area contributed by atoms with Crippen molar-refractivity contribution in [2.75, 3.05) is 25.4 Å². The van der Waals surface area contributed by atoms with Crippen LogP contribution in [-0.4, -0.2) is 30.9 Å². The molecule has 1 heterocycles. The standard InChI is InChI=1S/C13H19ClN2O2/c14-11-4-3-9(6-12(11)15)13(17)8-16-7-10-2-1-5-18-10/h3-4,6,10,13,16-17H,1-2,5,7-8,15H2. The van der Waals surface area contributed by atoms with E-state index in [9.17, 15) is 5.11 Å².